The van der Waals surface area contributed by atoms with Gasteiger partial charge in [-0.2, -0.15) is 0 Å². The first-order valence-corrected chi connectivity index (χ1v) is 13.6. The van der Waals surface area contributed by atoms with Gasteiger partial charge in [-0.05, 0) is 49.7 Å². The molecule has 0 aliphatic heterocycles. The third-order valence-corrected chi connectivity index (χ3v) is 6.32. The van der Waals surface area contributed by atoms with Gasteiger partial charge in [0.25, 0.3) is 0 Å². The largest absolute Gasteiger partial charge is 0.463 e. The summed E-state index contributed by atoms with van der Waals surface area (Å²) < 4.78 is 5.50. The molecule has 3 atom stereocenters. The van der Waals surface area contributed by atoms with Crippen molar-refractivity contribution in [3.8, 4) is 0 Å². The van der Waals surface area contributed by atoms with E-state index in [-0.39, 0.29) is 37.4 Å². The fourth-order valence-electron chi connectivity index (χ4n) is 4.25. The van der Waals surface area contributed by atoms with Crippen LogP contribution < -0.4 is 10.6 Å². The van der Waals surface area contributed by atoms with Crippen LogP contribution in [0.2, 0.25) is 0 Å². The molecule has 2 aromatic rings. The molecule has 2 amide bonds. The lowest BCUT2D eigenvalue weighted by Gasteiger charge is -2.23. The lowest BCUT2D eigenvalue weighted by molar-refractivity contribution is -0.145. The molecule has 0 bridgehead atoms. The number of rotatable bonds is 19. The summed E-state index contributed by atoms with van der Waals surface area (Å²) in [5, 5.41) is 15.6. The summed E-state index contributed by atoms with van der Waals surface area (Å²) in [6.07, 6.45) is 7.41. The first kappa shape index (κ1) is 31.5. The molecule has 0 saturated carbocycles. The molecule has 210 valence electrons. The van der Waals surface area contributed by atoms with Crippen LogP contribution in [0.4, 0.5) is 0 Å². The van der Waals surface area contributed by atoms with E-state index in [2.05, 4.69) is 23.8 Å². The van der Waals surface area contributed by atoms with Gasteiger partial charge < -0.3 is 20.5 Å². The summed E-state index contributed by atoms with van der Waals surface area (Å²) in [5.41, 5.74) is 1.99. The summed E-state index contributed by atoms with van der Waals surface area (Å²) >= 11 is 0. The van der Waals surface area contributed by atoms with E-state index in [9.17, 15) is 19.5 Å². The molecule has 3 N–H and O–H groups in total. The Morgan fingerprint density at radius 1 is 0.846 bits per heavy atom. The second-order valence-electron chi connectivity index (χ2n) is 9.67. The van der Waals surface area contributed by atoms with Crippen molar-refractivity contribution in [3.05, 3.63) is 97.1 Å². The van der Waals surface area contributed by atoms with E-state index in [1.807, 2.05) is 66.7 Å². The zero-order valence-corrected chi connectivity index (χ0v) is 22.7. The molecule has 3 unspecified atom stereocenters. The summed E-state index contributed by atoms with van der Waals surface area (Å²) in [4.78, 5) is 38.3. The van der Waals surface area contributed by atoms with E-state index in [4.69, 9.17) is 4.74 Å². The minimum atomic E-state index is -0.647. The highest BCUT2D eigenvalue weighted by Crippen LogP contribution is 2.13. The zero-order valence-electron chi connectivity index (χ0n) is 22.7. The lowest BCUT2D eigenvalue weighted by atomic mass is 9.98. The molecule has 0 saturated heterocycles. The maximum absolute atomic E-state index is 13.3. The Kier molecular flexibility index (Phi) is 15.0. The molecule has 0 spiro atoms. The van der Waals surface area contributed by atoms with Gasteiger partial charge in [0.15, 0.2) is 0 Å². The Balaban J connectivity index is 1.98. The Bertz CT molecular complexity index is 1030. The monoisotopic (exact) mass is 534 g/mol. The van der Waals surface area contributed by atoms with E-state index in [1.165, 1.54) is 0 Å². The topological polar surface area (TPSA) is 105 Å². The number of esters is 1. The van der Waals surface area contributed by atoms with Crippen LogP contribution in [0.3, 0.4) is 0 Å². The van der Waals surface area contributed by atoms with Gasteiger partial charge in [-0.15, -0.1) is 13.2 Å². The van der Waals surface area contributed by atoms with E-state index in [0.29, 0.717) is 25.7 Å². The molecule has 0 aromatic heterocycles. The highest BCUT2D eigenvalue weighted by Gasteiger charge is 2.25. The van der Waals surface area contributed by atoms with Crippen molar-refractivity contribution in [1.82, 2.24) is 10.6 Å². The number of carbonyl (C=O) groups excluding carboxylic acids is 3. The van der Waals surface area contributed by atoms with Gasteiger partial charge in [0.05, 0.1) is 24.6 Å². The average Bonchev–Trinajstić information content (AvgIpc) is 2.94. The molecule has 0 aliphatic rings. The molecule has 2 rings (SSSR count). The number of ether oxygens (including phenoxy) is 1. The van der Waals surface area contributed by atoms with Crippen LogP contribution in [0.25, 0.3) is 0 Å². The lowest BCUT2D eigenvalue weighted by Crippen LogP contribution is -2.45. The van der Waals surface area contributed by atoms with Crippen LogP contribution in [0.15, 0.2) is 86.0 Å². The van der Waals surface area contributed by atoms with Crippen LogP contribution in [0.5, 0.6) is 0 Å². The normalized spacial score (nSPS) is 12.9. The summed E-state index contributed by atoms with van der Waals surface area (Å²) in [7, 11) is 0. The molecule has 7 nitrogen and oxygen atoms in total. The van der Waals surface area contributed by atoms with Gasteiger partial charge >= 0.3 is 5.97 Å². The zero-order chi connectivity index (χ0) is 28.3. The van der Waals surface area contributed by atoms with Crippen molar-refractivity contribution in [3.63, 3.8) is 0 Å². The molecular formula is C32H42N2O5. The molecule has 0 fully saturated rings. The van der Waals surface area contributed by atoms with Crippen molar-refractivity contribution in [2.75, 3.05) is 13.2 Å². The fraction of sp³-hybridized carbons (Fsp3) is 0.406. The Morgan fingerprint density at radius 2 is 1.46 bits per heavy atom. The first-order chi connectivity index (χ1) is 18.9. The van der Waals surface area contributed by atoms with Gasteiger partial charge in [-0.25, -0.2) is 0 Å². The molecule has 7 heteroatoms. The first-order valence-electron chi connectivity index (χ1n) is 13.6. The van der Waals surface area contributed by atoms with Gasteiger partial charge in [0.1, 0.15) is 6.61 Å². The summed E-state index contributed by atoms with van der Waals surface area (Å²) in [6.45, 7) is 7.26. The Morgan fingerprint density at radius 3 is 2.03 bits per heavy atom. The van der Waals surface area contributed by atoms with E-state index >= 15 is 0 Å². The predicted molar refractivity (Wildman–Crippen MR) is 154 cm³/mol. The maximum atomic E-state index is 13.3. The highest BCUT2D eigenvalue weighted by molar-refractivity contribution is 5.86. The summed E-state index contributed by atoms with van der Waals surface area (Å²) in [5.74, 6) is -1.58. The molecule has 39 heavy (non-hydrogen) atoms. The maximum Gasteiger partial charge on any atom is 0.305 e. The molecular weight excluding hydrogens is 492 g/mol. The molecule has 2 aromatic carbocycles. The minimum absolute atomic E-state index is 0.0393. The number of nitrogens with one attached hydrogen (secondary N) is 2. The third-order valence-electron chi connectivity index (χ3n) is 6.32. The van der Waals surface area contributed by atoms with Crippen molar-refractivity contribution in [2.24, 2.45) is 5.92 Å². The number of carbonyl (C=O) groups is 3. The smallest absolute Gasteiger partial charge is 0.305 e. The quantitative estimate of drug-likeness (QED) is 0.142. The van der Waals surface area contributed by atoms with E-state index in [0.717, 1.165) is 30.4 Å². The second kappa shape index (κ2) is 18.5. The fourth-order valence-corrected chi connectivity index (χ4v) is 4.25. The standard InChI is InChI=1S/C32H42N2O5/c1-3-5-6-13-19-31(37)39-24-29(21-26-17-11-8-12-18-26)34-32(38)27(14-4-2)22-30(36)33-28(23-35)20-25-15-9-7-10-16-25/h3-4,7-12,15-18,27-29,35H,1-2,5-6,13-14,19-24H2,(H,33,36)(H,34,38). The number of aliphatic hydroxyl groups is 1. The van der Waals surface area contributed by atoms with Gasteiger partial charge in [0.2, 0.25) is 11.8 Å². The number of unbranched alkanes of at least 4 members (excludes halogenated alkanes) is 2. The predicted octanol–water partition coefficient (Wildman–Crippen LogP) is 4.31. The Hall–Kier alpha value is -3.71. The summed E-state index contributed by atoms with van der Waals surface area (Å²) in [6, 6.07) is 18.3. The van der Waals surface area contributed by atoms with Gasteiger partial charge in [-0.1, -0.05) is 72.8 Å². The molecule has 0 aliphatic carbocycles. The number of aliphatic hydroxyl groups excluding tert-OH is 1. The van der Waals surface area contributed by atoms with Crippen molar-refractivity contribution >= 4 is 17.8 Å². The van der Waals surface area contributed by atoms with Gasteiger partial charge in [0, 0.05) is 12.8 Å². The number of hydrogen-bond acceptors (Lipinski definition) is 5. The number of hydrogen-bond donors (Lipinski definition) is 3. The molecule has 0 radical (unpaired) electrons. The Labute approximate surface area is 232 Å². The van der Waals surface area contributed by atoms with Crippen molar-refractivity contribution in [1.29, 1.82) is 0 Å². The average molecular weight is 535 g/mol. The van der Waals surface area contributed by atoms with Crippen LogP contribution in [0, 0.1) is 5.92 Å². The highest BCUT2D eigenvalue weighted by atomic mass is 16.5. The molecule has 0 heterocycles. The SMILES string of the molecule is C=CCCCCC(=O)OCC(Cc1ccccc1)NC(=O)C(CC=C)CC(=O)NC(CO)Cc1ccccc1. The number of benzene rings is 2. The van der Waals surface area contributed by atoms with Crippen LogP contribution in [-0.2, 0) is 32.0 Å². The van der Waals surface area contributed by atoms with Crippen LogP contribution >= 0.6 is 0 Å². The van der Waals surface area contributed by atoms with Crippen molar-refractivity contribution in [2.45, 2.75) is 63.5 Å². The number of allylic oxidation sites excluding steroid dienone is 2. The van der Waals surface area contributed by atoms with Gasteiger partial charge in [-0.3, -0.25) is 14.4 Å². The second-order valence-corrected chi connectivity index (χ2v) is 9.67. The van der Waals surface area contributed by atoms with E-state index < -0.39 is 18.0 Å². The van der Waals surface area contributed by atoms with Crippen molar-refractivity contribution < 1.29 is 24.2 Å². The minimum Gasteiger partial charge on any atom is -0.463 e. The van der Waals surface area contributed by atoms with Crippen LogP contribution in [-0.4, -0.2) is 48.2 Å². The van der Waals surface area contributed by atoms with E-state index in [1.54, 1.807) is 6.08 Å². The third kappa shape index (κ3) is 13.1. The van der Waals surface area contributed by atoms with Crippen LogP contribution in [0.1, 0.15) is 49.7 Å². The number of amides is 2.